The second-order valence-electron chi connectivity index (χ2n) is 7.86. The lowest BCUT2D eigenvalue weighted by atomic mass is 10.0. The molecular weight excluding hydrogens is 386 g/mol. The summed E-state index contributed by atoms with van der Waals surface area (Å²) in [5.41, 5.74) is 1.01. The van der Waals surface area contributed by atoms with Crippen molar-refractivity contribution < 1.29 is 23.9 Å². The van der Waals surface area contributed by atoms with Gasteiger partial charge in [0.2, 0.25) is 5.91 Å². The number of hydrogen-bond donors (Lipinski definition) is 0. The lowest BCUT2D eigenvalue weighted by Crippen LogP contribution is -2.58. The number of hydrogen-bond acceptors (Lipinski definition) is 6. The Morgan fingerprint density at radius 3 is 2.43 bits per heavy atom. The summed E-state index contributed by atoms with van der Waals surface area (Å²) >= 11 is 0. The Balaban J connectivity index is 1.66. The molecule has 2 aliphatic heterocycles. The lowest BCUT2D eigenvalue weighted by molar-refractivity contribution is -0.143. The largest absolute Gasteiger partial charge is 0.469 e. The van der Waals surface area contributed by atoms with Gasteiger partial charge in [0, 0.05) is 45.2 Å². The SMILES string of the molecule is COC(=O)CC(C)N1CCN(C(=O)C(Cc2ccccc2)N2CCCOC2=O)CC1. The normalized spacial score (nSPS) is 19.7. The van der Waals surface area contributed by atoms with Crippen LogP contribution in [0.25, 0.3) is 0 Å². The van der Waals surface area contributed by atoms with Gasteiger partial charge in [0.25, 0.3) is 0 Å². The first-order valence-corrected chi connectivity index (χ1v) is 10.6. The third kappa shape index (κ3) is 5.50. The van der Waals surface area contributed by atoms with E-state index >= 15 is 0 Å². The van der Waals surface area contributed by atoms with Crippen molar-refractivity contribution in [2.75, 3.05) is 46.4 Å². The van der Waals surface area contributed by atoms with E-state index in [9.17, 15) is 14.4 Å². The molecule has 2 atom stereocenters. The van der Waals surface area contributed by atoms with Gasteiger partial charge < -0.3 is 14.4 Å². The Morgan fingerprint density at radius 1 is 1.10 bits per heavy atom. The number of piperazine rings is 1. The van der Waals surface area contributed by atoms with E-state index < -0.39 is 12.1 Å². The number of carbonyl (C=O) groups excluding carboxylic acids is 3. The topological polar surface area (TPSA) is 79.4 Å². The average Bonchev–Trinajstić information content (AvgIpc) is 2.78. The Bertz CT molecular complexity index is 734. The highest BCUT2D eigenvalue weighted by Crippen LogP contribution is 2.18. The number of esters is 1. The summed E-state index contributed by atoms with van der Waals surface area (Å²) in [6.45, 7) is 5.43. The van der Waals surface area contributed by atoms with Crippen molar-refractivity contribution in [1.29, 1.82) is 0 Å². The van der Waals surface area contributed by atoms with Crippen molar-refractivity contribution in [1.82, 2.24) is 14.7 Å². The van der Waals surface area contributed by atoms with Crippen LogP contribution in [-0.4, -0.2) is 91.2 Å². The fourth-order valence-electron chi connectivity index (χ4n) is 4.07. The van der Waals surface area contributed by atoms with Crippen LogP contribution in [0.1, 0.15) is 25.3 Å². The second-order valence-corrected chi connectivity index (χ2v) is 7.86. The van der Waals surface area contributed by atoms with Crippen LogP contribution >= 0.6 is 0 Å². The van der Waals surface area contributed by atoms with Gasteiger partial charge in [-0.25, -0.2) is 4.79 Å². The van der Waals surface area contributed by atoms with Crippen LogP contribution in [0.4, 0.5) is 4.79 Å². The molecule has 2 unspecified atom stereocenters. The van der Waals surface area contributed by atoms with Crippen LogP contribution in [0, 0.1) is 0 Å². The molecular formula is C22H31N3O5. The van der Waals surface area contributed by atoms with Crippen molar-refractivity contribution in [2.24, 2.45) is 0 Å². The smallest absolute Gasteiger partial charge is 0.410 e. The molecule has 1 aromatic rings. The Kier molecular flexibility index (Phi) is 7.68. The molecule has 0 aliphatic carbocycles. The van der Waals surface area contributed by atoms with Gasteiger partial charge in [0.05, 0.1) is 20.1 Å². The Labute approximate surface area is 177 Å². The van der Waals surface area contributed by atoms with E-state index in [4.69, 9.17) is 9.47 Å². The highest BCUT2D eigenvalue weighted by atomic mass is 16.6. The van der Waals surface area contributed by atoms with Gasteiger partial charge in [0.1, 0.15) is 6.04 Å². The standard InChI is InChI=1S/C22H31N3O5/c1-17(15-20(26)29-2)23-10-12-24(13-11-23)21(27)19(16-18-7-4-3-5-8-18)25-9-6-14-30-22(25)28/h3-5,7-8,17,19H,6,9-16H2,1-2H3. The molecule has 0 spiro atoms. The van der Waals surface area contributed by atoms with Crippen LogP contribution in [0.15, 0.2) is 30.3 Å². The number of methoxy groups -OCH3 is 1. The van der Waals surface area contributed by atoms with E-state index in [0.717, 1.165) is 12.0 Å². The van der Waals surface area contributed by atoms with Gasteiger partial charge in [-0.1, -0.05) is 30.3 Å². The van der Waals surface area contributed by atoms with Crippen molar-refractivity contribution in [3.8, 4) is 0 Å². The zero-order chi connectivity index (χ0) is 21.5. The van der Waals surface area contributed by atoms with E-state index in [-0.39, 0.29) is 17.9 Å². The molecule has 3 rings (SSSR count). The maximum absolute atomic E-state index is 13.4. The summed E-state index contributed by atoms with van der Waals surface area (Å²) in [6, 6.07) is 9.25. The van der Waals surface area contributed by atoms with Crippen molar-refractivity contribution in [3.05, 3.63) is 35.9 Å². The van der Waals surface area contributed by atoms with Gasteiger partial charge in [-0.05, 0) is 18.9 Å². The molecule has 8 nitrogen and oxygen atoms in total. The average molecular weight is 418 g/mol. The fraction of sp³-hybridized carbons (Fsp3) is 0.591. The van der Waals surface area contributed by atoms with Gasteiger partial charge in [-0.3, -0.25) is 19.4 Å². The molecule has 2 heterocycles. The molecule has 2 fully saturated rings. The summed E-state index contributed by atoms with van der Waals surface area (Å²) in [5, 5.41) is 0. The number of benzene rings is 1. The minimum atomic E-state index is -0.570. The first-order valence-electron chi connectivity index (χ1n) is 10.6. The lowest BCUT2D eigenvalue weighted by Gasteiger charge is -2.41. The second kappa shape index (κ2) is 10.4. The molecule has 1 aromatic carbocycles. The Morgan fingerprint density at radius 2 is 1.80 bits per heavy atom. The molecule has 2 amide bonds. The summed E-state index contributed by atoms with van der Waals surface area (Å²) in [7, 11) is 1.39. The maximum Gasteiger partial charge on any atom is 0.410 e. The number of amides is 2. The highest BCUT2D eigenvalue weighted by Gasteiger charge is 2.36. The third-order valence-corrected chi connectivity index (χ3v) is 5.88. The molecule has 30 heavy (non-hydrogen) atoms. The predicted octanol–water partition coefficient (Wildman–Crippen LogP) is 1.54. The predicted molar refractivity (Wildman–Crippen MR) is 111 cm³/mol. The van der Waals surface area contributed by atoms with Crippen LogP contribution in [0.2, 0.25) is 0 Å². The zero-order valence-corrected chi connectivity index (χ0v) is 17.8. The number of carbonyl (C=O) groups is 3. The van der Waals surface area contributed by atoms with E-state index in [1.807, 2.05) is 42.2 Å². The number of nitrogens with zero attached hydrogens (tertiary/aromatic N) is 3. The maximum atomic E-state index is 13.4. The van der Waals surface area contributed by atoms with Crippen LogP contribution in [0.5, 0.6) is 0 Å². The number of ether oxygens (including phenoxy) is 2. The van der Waals surface area contributed by atoms with Gasteiger partial charge in [0.15, 0.2) is 0 Å². The van der Waals surface area contributed by atoms with E-state index in [1.165, 1.54) is 7.11 Å². The van der Waals surface area contributed by atoms with Gasteiger partial charge in [-0.15, -0.1) is 0 Å². The summed E-state index contributed by atoms with van der Waals surface area (Å²) in [5.74, 6) is -0.273. The summed E-state index contributed by atoms with van der Waals surface area (Å²) < 4.78 is 9.96. The summed E-state index contributed by atoms with van der Waals surface area (Å²) in [4.78, 5) is 42.9. The van der Waals surface area contributed by atoms with Crippen molar-refractivity contribution in [2.45, 2.75) is 38.3 Å². The molecule has 0 aromatic heterocycles. The molecule has 2 saturated heterocycles. The molecule has 0 radical (unpaired) electrons. The minimum absolute atomic E-state index is 0.0435. The first-order chi connectivity index (χ1) is 14.5. The zero-order valence-electron chi connectivity index (χ0n) is 17.8. The molecule has 8 heteroatoms. The number of cyclic esters (lactones) is 1. The number of rotatable bonds is 7. The minimum Gasteiger partial charge on any atom is -0.469 e. The van der Waals surface area contributed by atoms with Crippen LogP contribution in [0.3, 0.4) is 0 Å². The molecule has 2 aliphatic rings. The van der Waals surface area contributed by atoms with Crippen LogP contribution < -0.4 is 0 Å². The Hall–Kier alpha value is -2.61. The first kappa shape index (κ1) is 22.1. The quantitative estimate of drug-likeness (QED) is 0.626. The third-order valence-electron chi connectivity index (χ3n) is 5.88. The highest BCUT2D eigenvalue weighted by molar-refractivity contribution is 5.86. The van der Waals surface area contributed by atoms with E-state index in [1.54, 1.807) is 4.90 Å². The van der Waals surface area contributed by atoms with Crippen molar-refractivity contribution >= 4 is 18.0 Å². The van der Waals surface area contributed by atoms with Crippen LogP contribution in [-0.2, 0) is 25.5 Å². The monoisotopic (exact) mass is 417 g/mol. The van der Waals surface area contributed by atoms with E-state index in [0.29, 0.717) is 52.2 Å². The van der Waals surface area contributed by atoms with E-state index in [2.05, 4.69) is 4.90 Å². The molecule has 0 bridgehead atoms. The molecule has 0 saturated carbocycles. The summed E-state index contributed by atoms with van der Waals surface area (Å²) in [6.07, 6.45) is 1.11. The van der Waals surface area contributed by atoms with Gasteiger partial charge >= 0.3 is 12.1 Å². The van der Waals surface area contributed by atoms with Crippen molar-refractivity contribution in [3.63, 3.8) is 0 Å². The molecule has 164 valence electrons. The molecule has 0 N–H and O–H groups in total. The van der Waals surface area contributed by atoms with Gasteiger partial charge in [-0.2, -0.15) is 0 Å². The fourth-order valence-corrected chi connectivity index (χ4v) is 4.07.